The summed E-state index contributed by atoms with van der Waals surface area (Å²) in [5.74, 6) is 0. The molecule has 0 unspecified atom stereocenters. The summed E-state index contributed by atoms with van der Waals surface area (Å²) in [5, 5.41) is 18.2. The second-order valence-electron chi connectivity index (χ2n) is 6.72. The van der Waals surface area contributed by atoms with E-state index in [9.17, 15) is 0 Å². The number of hydrogen-bond donors (Lipinski definition) is 2. The Kier molecular flexibility index (Phi) is 9.62. The zero-order valence-electron chi connectivity index (χ0n) is 13.1. The van der Waals surface area contributed by atoms with Gasteiger partial charge in [0.2, 0.25) is 0 Å². The van der Waals surface area contributed by atoms with Crippen molar-refractivity contribution >= 4 is 0 Å². The van der Waals surface area contributed by atoms with E-state index in [1.54, 1.807) is 0 Å². The molecule has 4 nitrogen and oxygen atoms in total. The Morgan fingerprint density at radius 1 is 0.684 bits per heavy atom. The fraction of sp³-hybridized carbons (Fsp3) is 1.00. The lowest BCUT2D eigenvalue weighted by molar-refractivity contribution is 0.0451. The summed E-state index contributed by atoms with van der Waals surface area (Å²) in [6.45, 7) is 11.3. The first-order valence-corrected chi connectivity index (χ1v) is 7.20. The van der Waals surface area contributed by atoms with Crippen LogP contribution in [0.15, 0.2) is 0 Å². The lowest BCUT2D eigenvalue weighted by Gasteiger charge is -2.21. The molecule has 0 aliphatic rings. The predicted octanol–water partition coefficient (Wildman–Crippen LogP) is 2.23. The number of rotatable bonds is 12. The maximum absolute atomic E-state index is 9.09. The van der Waals surface area contributed by atoms with Crippen LogP contribution in [-0.4, -0.2) is 49.9 Å². The SMILES string of the molecule is CC(C)(CO)CCOCCCOCCC(C)(C)CO. The summed E-state index contributed by atoms with van der Waals surface area (Å²) >= 11 is 0. The van der Waals surface area contributed by atoms with Gasteiger partial charge >= 0.3 is 0 Å². The normalized spacial score (nSPS) is 12.9. The zero-order chi connectivity index (χ0) is 14.8. The van der Waals surface area contributed by atoms with E-state index < -0.39 is 0 Å². The number of aliphatic hydroxyl groups is 2. The van der Waals surface area contributed by atoms with Gasteiger partial charge in [-0.1, -0.05) is 27.7 Å². The summed E-state index contributed by atoms with van der Waals surface area (Å²) in [4.78, 5) is 0. The Hall–Kier alpha value is -0.160. The topological polar surface area (TPSA) is 58.9 Å². The van der Waals surface area contributed by atoms with Gasteiger partial charge in [0.25, 0.3) is 0 Å². The summed E-state index contributed by atoms with van der Waals surface area (Å²) in [7, 11) is 0. The highest BCUT2D eigenvalue weighted by Gasteiger charge is 2.16. The van der Waals surface area contributed by atoms with Crippen molar-refractivity contribution in [2.45, 2.75) is 47.0 Å². The molecular weight excluding hydrogens is 244 g/mol. The molecule has 0 amide bonds. The van der Waals surface area contributed by atoms with Crippen molar-refractivity contribution in [3.63, 3.8) is 0 Å². The highest BCUT2D eigenvalue weighted by molar-refractivity contribution is 4.66. The Bertz CT molecular complexity index is 192. The third-order valence-electron chi connectivity index (χ3n) is 3.28. The van der Waals surface area contributed by atoms with Gasteiger partial charge in [-0.2, -0.15) is 0 Å². The quantitative estimate of drug-likeness (QED) is 0.537. The van der Waals surface area contributed by atoms with E-state index in [4.69, 9.17) is 19.7 Å². The van der Waals surface area contributed by atoms with Gasteiger partial charge in [-0.3, -0.25) is 0 Å². The highest BCUT2D eigenvalue weighted by atomic mass is 16.5. The fourth-order valence-electron chi connectivity index (χ4n) is 1.32. The predicted molar refractivity (Wildman–Crippen MR) is 77.2 cm³/mol. The molecular formula is C15H32O4. The van der Waals surface area contributed by atoms with Crippen LogP contribution in [0.25, 0.3) is 0 Å². The van der Waals surface area contributed by atoms with E-state index in [1.165, 1.54) is 0 Å². The first kappa shape index (κ1) is 18.8. The highest BCUT2D eigenvalue weighted by Crippen LogP contribution is 2.19. The minimum atomic E-state index is -0.0492. The van der Waals surface area contributed by atoms with Crippen molar-refractivity contribution in [1.82, 2.24) is 0 Å². The van der Waals surface area contributed by atoms with Crippen LogP contribution in [0, 0.1) is 10.8 Å². The molecule has 0 aromatic heterocycles. The van der Waals surface area contributed by atoms with Crippen molar-refractivity contribution in [1.29, 1.82) is 0 Å². The first-order valence-electron chi connectivity index (χ1n) is 7.20. The molecule has 0 aromatic carbocycles. The molecule has 0 saturated carbocycles. The third kappa shape index (κ3) is 11.4. The Morgan fingerprint density at radius 2 is 1.05 bits per heavy atom. The number of hydrogen-bond acceptors (Lipinski definition) is 4. The van der Waals surface area contributed by atoms with Gasteiger partial charge < -0.3 is 19.7 Å². The van der Waals surface area contributed by atoms with Gasteiger partial charge in [0, 0.05) is 39.6 Å². The van der Waals surface area contributed by atoms with Crippen LogP contribution in [0.5, 0.6) is 0 Å². The molecule has 4 heteroatoms. The van der Waals surface area contributed by atoms with Gasteiger partial charge in [-0.15, -0.1) is 0 Å². The molecule has 0 radical (unpaired) electrons. The summed E-state index contributed by atoms with van der Waals surface area (Å²) in [6, 6.07) is 0. The number of ether oxygens (including phenoxy) is 2. The van der Waals surface area contributed by atoms with Crippen LogP contribution in [0.1, 0.15) is 47.0 Å². The van der Waals surface area contributed by atoms with Gasteiger partial charge in [-0.25, -0.2) is 0 Å². The fourth-order valence-corrected chi connectivity index (χ4v) is 1.32. The molecule has 0 aromatic rings. The first-order chi connectivity index (χ1) is 8.83. The van der Waals surface area contributed by atoms with Gasteiger partial charge in [0.15, 0.2) is 0 Å². The molecule has 19 heavy (non-hydrogen) atoms. The van der Waals surface area contributed by atoms with Crippen LogP contribution >= 0.6 is 0 Å². The average molecular weight is 276 g/mol. The Morgan fingerprint density at radius 3 is 1.37 bits per heavy atom. The van der Waals surface area contributed by atoms with E-state index in [1.807, 2.05) is 27.7 Å². The molecule has 0 spiro atoms. The molecule has 0 rings (SSSR count). The van der Waals surface area contributed by atoms with E-state index in [0.717, 1.165) is 19.3 Å². The molecule has 0 bridgehead atoms. The standard InChI is InChI=1S/C15H32O4/c1-14(2,12-16)6-10-18-8-5-9-19-11-7-15(3,4)13-17/h16-17H,5-13H2,1-4H3. The van der Waals surface area contributed by atoms with Crippen LogP contribution in [-0.2, 0) is 9.47 Å². The van der Waals surface area contributed by atoms with Crippen LogP contribution in [0.3, 0.4) is 0 Å². The van der Waals surface area contributed by atoms with Crippen LogP contribution in [0.2, 0.25) is 0 Å². The van der Waals surface area contributed by atoms with Crippen molar-refractivity contribution in [2.24, 2.45) is 10.8 Å². The number of aliphatic hydroxyl groups excluding tert-OH is 2. The molecule has 116 valence electrons. The molecule has 0 aliphatic heterocycles. The van der Waals surface area contributed by atoms with Gasteiger partial charge in [-0.05, 0) is 30.1 Å². The minimum Gasteiger partial charge on any atom is -0.396 e. The third-order valence-corrected chi connectivity index (χ3v) is 3.28. The van der Waals surface area contributed by atoms with Crippen LogP contribution < -0.4 is 0 Å². The maximum atomic E-state index is 9.09. The molecule has 0 fully saturated rings. The lowest BCUT2D eigenvalue weighted by Crippen LogP contribution is -2.20. The van der Waals surface area contributed by atoms with Crippen molar-refractivity contribution < 1.29 is 19.7 Å². The Balaban J connectivity index is 3.29. The summed E-state index contributed by atoms with van der Waals surface area (Å²) in [5.41, 5.74) is -0.0985. The zero-order valence-corrected chi connectivity index (χ0v) is 13.1. The maximum Gasteiger partial charge on any atom is 0.0487 e. The second kappa shape index (κ2) is 9.70. The average Bonchev–Trinajstić information content (AvgIpc) is 2.36. The van der Waals surface area contributed by atoms with E-state index >= 15 is 0 Å². The van der Waals surface area contributed by atoms with Crippen LogP contribution in [0.4, 0.5) is 0 Å². The van der Waals surface area contributed by atoms with E-state index in [-0.39, 0.29) is 24.0 Å². The molecule has 0 aliphatic carbocycles. The summed E-state index contributed by atoms with van der Waals surface area (Å²) < 4.78 is 11.0. The van der Waals surface area contributed by atoms with Crippen molar-refractivity contribution in [3.8, 4) is 0 Å². The summed E-state index contributed by atoms with van der Waals surface area (Å²) in [6.07, 6.45) is 2.63. The van der Waals surface area contributed by atoms with E-state index in [2.05, 4.69) is 0 Å². The molecule has 0 heterocycles. The van der Waals surface area contributed by atoms with Gasteiger partial charge in [0.05, 0.1) is 0 Å². The monoisotopic (exact) mass is 276 g/mol. The Labute approximate surface area is 118 Å². The van der Waals surface area contributed by atoms with Crippen molar-refractivity contribution in [3.05, 3.63) is 0 Å². The molecule has 0 saturated heterocycles. The van der Waals surface area contributed by atoms with Gasteiger partial charge in [0.1, 0.15) is 0 Å². The lowest BCUT2D eigenvalue weighted by atomic mass is 9.91. The molecule has 2 N–H and O–H groups in total. The smallest absolute Gasteiger partial charge is 0.0487 e. The van der Waals surface area contributed by atoms with Crippen molar-refractivity contribution in [2.75, 3.05) is 39.6 Å². The molecule has 0 atom stereocenters. The van der Waals surface area contributed by atoms with E-state index in [0.29, 0.717) is 26.4 Å². The minimum absolute atomic E-state index is 0.0492. The largest absolute Gasteiger partial charge is 0.396 e. The second-order valence-corrected chi connectivity index (χ2v) is 6.72.